The molecule has 0 fully saturated rings. The number of nitrogens with one attached hydrogen (secondary N) is 1. The average molecular weight is 565 g/mol. The summed E-state index contributed by atoms with van der Waals surface area (Å²) in [6, 6.07) is 9.91. The van der Waals surface area contributed by atoms with Gasteiger partial charge in [0.05, 0.1) is 18.2 Å². The lowest BCUT2D eigenvalue weighted by molar-refractivity contribution is -0.116. The molecule has 0 saturated carbocycles. The van der Waals surface area contributed by atoms with Gasteiger partial charge in [-0.2, -0.15) is 0 Å². The summed E-state index contributed by atoms with van der Waals surface area (Å²) in [5.74, 6) is 0.0311. The van der Waals surface area contributed by atoms with Crippen LogP contribution in [0.5, 0.6) is 5.75 Å². The molecular formula is C26H27BrClNO4S. The Bertz CT molecular complexity index is 1190. The molecule has 0 spiro atoms. The van der Waals surface area contributed by atoms with Crippen LogP contribution in [0.25, 0.3) is 11.1 Å². The van der Waals surface area contributed by atoms with E-state index < -0.39 is 5.97 Å². The Hall–Kier alpha value is -2.35. The van der Waals surface area contributed by atoms with E-state index in [1.165, 1.54) is 24.0 Å². The summed E-state index contributed by atoms with van der Waals surface area (Å²) >= 11 is 11.1. The van der Waals surface area contributed by atoms with E-state index in [1.54, 1.807) is 0 Å². The van der Waals surface area contributed by atoms with Gasteiger partial charge in [-0.3, -0.25) is 4.79 Å². The predicted molar refractivity (Wildman–Crippen MR) is 142 cm³/mol. The summed E-state index contributed by atoms with van der Waals surface area (Å²) in [6.07, 6.45) is 1.71. The van der Waals surface area contributed by atoms with Crippen molar-refractivity contribution < 1.29 is 19.1 Å². The van der Waals surface area contributed by atoms with Crippen molar-refractivity contribution in [1.82, 2.24) is 0 Å². The van der Waals surface area contributed by atoms with Crippen molar-refractivity contribution in [3.63, 3.8) is 0 Å². The van der Waals surface area contributed by atoms with Crippen LogP contribution in [-0.4, -0.2) is 25.6 Å². The lowest BCUT2D eigenvalue weighted by Crippen LogP contribution is -2.15. The molecule has 0 radical (unpaired) electrons. The van der Waals surface area contributed by atoms with Gasteiger partial charge in [0.25, 0.3) is 0 Å². The molecule has 0 aliphatic rings. The maximum absolute atomic E-state index is 12.6. The van der Waals surface area contributed by atoms with Gasteiger partial charge in [0.15, 0.2) is 0 Å². The number of carbonyl (C=O) groups excluding carboxylic acids is 2. The first-order valence-corrected chi connectivity index (χ1v) is 13.0. The molecule has 0 atom stereocenters. The highest BCUT2D eigenvalue weighted by Gasteiger charge is 2.22. The molecule has 2 aromatic carbocycles. The number of rotatable bonds is 9. The molecular weight excluding hydrogens is 538 g/mol. The van der Waals surface area contributed by atoms with E-state index in [1.807, 2.05) is 49.6 Å². The summed E-state index contributed by atoms with van der Waals surface area (Å²) in [6.45, 7) is 6.31. The van der Waals surface area contributed by atoms with Crippen LogP contribution in [-0.2, 0) is 16.0 Å². The number of esters is 1. The van der Waals surface area contributed by atoms with Gasteiger partial charge in [0.1, 0.15) is 16.3 Å². The summed E-state index contributed by atoms with van der Waals surface area (Å²) < 4.78 is 11.7. The fourth-order valence-corrected chi connectivity index (χ4v) is 5.16. The third-order valence-electron chi connectivity index (χ3n) is 5.48. The molecule has 0 aliphatic heterocycles. The van der Waals surface area contributed by atoms with E-state index in [0.29, 0.717) is 34.4 Å². The van der Waals surface area contributed by atoms with Crippen molar-refractivity contribution in [2.24, 2.45) is 0 Å². The molecule has 5 nitrogen and oxygen atoms in total. The topological polar surface area (TPSA) is 64.6 Å². The van der Waals surface area contributed by atoms with E-state index in [0.717, 1.165) is 33.1 Å². The van der Waals surface area contributed by atoms with E-state index in [9.17, 15) is 9.59 Å². The van der Waals surface area contributed by atoms with Gasteiger partial charge >= 0.3 is 5.97 Å². The number of amides is 1. The fourth-order valence-electron chi connectivity index (χ4n) is 3.50. The highest BCUT2D eigenvalue weighted by molar-refractivity contribution is 9.10. The predicted octanol–water partition coefficient (Wildman–Crippen LogP) is 7.59. The lowest BCUT2D eigenvalue weighted by atomic mass is 10.0. The Balaban J connectivity index is 1.64. The summed E-state index contributed by atoms with van der Waals surface area (Å²) in [5.41, 5.74) is 5.09. The molecule has 180 valence electrons. The zero-order valence-electron chi connectivity index (χ0n) is 19.6. The van der Waals surface area contributed by atoms with Gasteiger partial charge in [-0.05, 0) is 70.9 Å². The molecule has 8 heteroatoms. The average Bonchev–Trinajstić information content (AvgIpc) is 3.26. The Morgan fingerprint density at radius 2 is 1.88 bits per heavy atom. The number of methoxy groups -OCH3 is 1. The molecule has 0 saturated heterocycles. The van der Waals surface area contributed by atoms with Crippen molar-refractivity contribution in [3.05, 3.63) is 67.5 Å². The van der Waals surface area contributed by atoms with Crippen molar-refractivity contribution in [2.45, 2.75) is 40.0 Å². The SMILES string of the molecule is CCc1ccc(-c2csc(NC(=O)CCCOc3cc(C)c(Cl)c(C)c3Br)c2C(=O)OC)cc1. The standard InChI is InChI=1S/C26H27BrClNO4S/c1-5-17-8-10-18(11-9-17)19-14-34-25(22(19)26(31)32-4)29-21(30)7-6-12-33-20-13-15(2)24(28)16(3)23(20)27/h8-11,13-14H,5-7,12H2,1-4H3,(H,29,30). The van der Waals surface area contributed by atoms with E-state index >= 15 is 0 Å². The zero-order valence-corrected chi connectivity index (χ0v) is 22.7. The van der Waals surface area contributed by atoms with Crippen molar-refractivity contribution in [1.29, 1.82) is 0 Å². The third-order valence-corrected chi connectivity index (χ3v) is 7.94. The largest absolute Gasteiger partial charge is 0.492 e. The van der Waals surface area contributed by atoms with Crippen LogP contribution < -0.4 is 10.1 Å². The Labute approximate surface area is 217 Å². The number of ether oxygens (including phenoxy) is 2. The second kappa shape index (κ2) is 11.9. The molecule has 1 N–H and O–H groups in total. The van der Waals surface area contributed by atoms with Crippen LogP contribution in [0.1, 0.15) is 46.8 Å². The van der Waals surface area contributed by atoms with Crippen molar-refractivity contribution in [3.8, 4) is 16.9 Å². The number of thiophene rings is 1. The van der Waals surface area contributed by atoms with Gasteiger partial charge in [0.2, 0.25) is 5.91 Å². The Kier molecular flexibility index (Phi) is 9.17. The summed E-state index contributed by atoms with van der Waals surface area (Å²) in [4.78, 5) is 25.1. The first-order chi connectivity index (χ1) is 16.3. The second-order valence-corrected chi connectivity index (χ2v) is 9.89. The van der Waals surface area contributed by atoms with E-state index in [2.05, 4.69) is 28.2 Å². The second-order valence-electron chi connectivity index (χ2n) is 7.84. The number of hydrogen-bond acceptors (Lipinski definition) is 5. The van der Waals surface area contributed by atoms with Crippen LogP contribution >= 0.6 is 38.9 Å². The Morgan fingerprint density at radius 1 is 1.18 bits per heavy atom. The maximum atomic E-state index is 12.6. The molecule has 3 aromatic rings. The van der Waals surface area contributed by atoms with E-state index in [4.69, 9.17) is 21.1 Å². The van der Waals surface area contributed by atoms with Crippen molar-refractivity contribution >= 4 is 55.7 Å². The summed E-state index contributed by atoms with van der Waals surface area (Å²) in [5, 5.41) is 5.93. The van der Waals surface area contributed by atoms with Crippen molar-refractivity contribution in [2.75, 3.05) is 19.0 Å². The van der Waals surface area contributed by atoms with Crippen LogP contribution in [0.2, 0.25) is 5.02 Å². The normalized spacial score (nSPS) is 10.8. The van der Waals surface area contributed by atoms with Crippen LogP contribution in [0.4, 0.5) is 5.00 Å². The highest BCUT2D eigenvalue weighted by atomic mass is 79.9. The maximum Gasteiger partial charge on any atom is 0.341 e. The van der Waals surface area contributed by atoms with Gasteiger partial charge in [-0.25, -0.2) is 4.79 Å². The lowest BCUT2D eigenvalue weighted by Gasteiger charge is -2.13. The minimum Gasteiger partial charge on any atom is -0.492 e. The number of carbonyl (C=O) groups is 2. The molecule has 0 aliphatic carbocycles. The van der Waals surface area contributed by atoms with Crippen LogP contribution in [0, 0.1) is 13.8 Å². The number of hydrogen-bond donors (Lipinski definition) is 1. The van der Waals surface area contributed by atoms with Gasteiger partial charge in [-0.15, -0.1) is 11.3 Å². The highest BCUT2D eigenvalue weighted by Crippen LogP contribution is 2.37. The minimum atomic E-state index is -0.479. The fraction of sp³-hybridized carbons (Fsp3) is 0.308. The summed E-state index contributed by atoms with van der Waals surface area (Å²) in [7, 11) is 1.34. The number of halogens is 2. The first-order valence-electron chi connectivity index (χ1n) is 10.9. The first kappa shape index (κ1) is 26.3. The molecule has 34 heavy (non-hydrogen) atoms. The molecule has 0 unspecified atom stereocenters. The monoisotopic (exact) mass is 563 g/mol. The Morgan fingerprint density at radius 3 is 2.53 bits per heavy atom. The van der Waals surface area contributed by atoms with Gasteiger partial charge in [0, 0.05) is 22.4 Å². The molecule has 3 rings (SSSR count). The molecule has 1 heterocycles. The minimum absolute atomic E-state index is 0.189. The third kappa shape index (κ3) is 6.01. The quantitative estimate of drug-likeness (QED) is 0.215. The number of benzene rings is 2. The zero-order chi connectivity index (χ0) is 24.8. The smallest absolute Gasteiger partial charge is 0.341 e. The number of anilines is 1. The molecule has 1 aromatic heterocycles. The molecule has 0 bridgehead atoms. The number of aryl methyl sites for hydroxylation is 2. The van der Waals surface area contributed by atoms with Gasteiger partial charge < -0.3 is 14.8 Å². The van der Waals surface area contributed by atoms with Crippen LogP contribution in [0.3, 0.4) is 0 Å². The molecule has 1 amide bonds. The van der Waals surface area contributed by atoms with E-state index in [-0.39, 0.29) is 12.3 Å². The van der Waals surface area contributed by atoms with Gasteiger partial charge in [-0.1, -0.05) is 42.8 Å². The van der Waals surface area contributed by atoms with Crippen LogP contribution in [0.15, 0.2) is 40.2 Å².